The van der Waals surface area contributed by atoms with Gasteiger partial charge in [0.1, 0.15) is 11.8 Å². The summed E-state index contributed by atoms with van der Waals surface area (Å²) in [5, 5.41) is 21.8. The second kappa shape index (κ2) is 9.84. The van der Waals surface area contributed by atoms with E-state index in [4.69, 9.17) is 0 Å². The predicted molar refractivity (Wildman–Crippen MR) is 98.3 cm³/mol. The maximum Gasteiger partial charge on any atom is 0.326 e. The first kappa shape index (κ1) is 19.0. The molecule has 1 aliphatic heterocycles. The molecule has 3 N–H and O–H groups in total. The Morgan fingerprint density at radius 1 is 1.25 bits per heavy atom. The fourth-order valence-corrected chi connectivity index (χ4v) is 5.58. The van der Waals surface area contributed by atoms with Crippen molar-refractivity contribution in [3.05, 3.63) is 29.8 Å². The normalized spacial score (nSPS) is 18.2. The molecule has 2 rings (SSSR count). The summed E-state index contributed by atoms with van der Waals surface area (Å²) in [6, 6.07) is 5.40. The van der Waals surface area contributed by atoms with Crippen molar-refractivity contribution >= 4 is 33.5 Å². The van der Waals surface area contributed by atoms with Gasteiger partial charge in [0.05, 0.1) is 0 Å². The van der Waals surface area contributed by atoms with Crippen LogP contribution in [0, 0.1) is 0 Å². The van der Waals surface area contributed by atoms with Gasteiger partial charge in [-0.25, -0.2) is 4.79 Å². The van der Waals surface area contributed by atoms with Gasteiger partial charge in [-0.15, -0.1) is 0 Å². The SMILES string of the molecule is O=C(CCCC[C@H]1CCSS1)N[C@@H](Cc1ccc(O)cc1)C(=O)O. The first-order chi connectivity index (χ1) is 11.5. The van der Waals surface area contributed by atoms with Crippen LogP contribution in [-0.4, -0.2) is 39.1 Å². The Morgan fingerprint density at radius 3 is 2.62 bits per heavy atom. The van der Waals surface area contributed by atoms with Crippen LogP contribution in [-0.2, 0) is 16.0 Å². The molecule has 1 fully saturated rings. The molecule has 0 bridgehead atoms. The molecule has 7 heteroatoms. The Kier molecular flexibility index (Phi) is 7.78. The third-order valence-corrected chi connectivity index (χ3v) is 6.92. The highest BCUT2D eigenvalue weighted by molar-refractivity contribution is 8.77. The number of phenolic OH excluding ortho intramolecular Hbond substituents is 1. The van der Waals surface area contributed by atoms with Crippen LogP contribution in [0.25, 0.3) is 0 Å². The number of carbonyl (C=O) groups is 2. The molecule has 1 aromatic rings. The maximum absolute atomic E-state index is 12.0. The van der Waals surface area contributed by atoms with Gasteiger partial charge in [0.15, 0.2) is 0 Å². The zero-order valence-electron chi connectivity index (χ0n) is 13.4. The highest BCUT2D eigenvalue weighted by atomic mass is 33.1. The minimum absolute atomic E-state index is 0.133. The lowest BCUT2D eigenvalue weighted by Gasteiger charge is -2.15. The van der Waals surface area contributed by atoms with Gasteiger partial charge < -0.3 is 15.5 Å². The van der Waals surface area contributed by atoms with Crippen molar-refractivity contribution in [2.75, 3.05) is 5.75 Å². The van der Waals surface area contributed by atoms with Crippen LogP contribution < -0.4 is 5.32 Å². The number of nitrogens with one attached hydrogen (secondary N) is 1. The summed E-state index contributed by atoms with van der Waals surface area (Å²) in [5.74, 6) is 0.0896. The number of aliphatic carboxylic acids is 1. The number of amides is 1. The molecule has 0 spiro atoms. The second-order valence-corrected chi connectivity index (χ2v) is 8.69. The first-order valence-electron chi connectivity index (χ1n) is 8.13. The topological polar surface area (TPSA) is 86.6 Å². The number of aromatic hydroxyl groups is 1. The van der Waals surface area contributed by atoms with Crippen molar-refractivity contribution in [3.63, 3.8) is 0 Å². The molecule has 24 heavy (non-hydrogen) atoms. The van der Waals surface area contributed by atoms with Crippen LogP contribution in [0.5, 0.6) is 5.75 Å². The molecule has 0 aromatic heterocycles. The highest BCUT2D eigenvalue weighted by Crippen LogP contribution is 2.39. The number of unbranched alkanes of at least 4 members (excludes halogenated alkanes) is 1. The Morgan fingerprint density at radius 2 is 2.00 bits per heavy atom. The van der Waals surface area contributed by atoms with Gasteiger partial charge in [-0.1, -0.05) is 40.1 Å². The molecule has 1 saturated heterocycles. The third kappa shape index (κ3) is 6.65. The van der Waals surface area contributed by atoms with Crippen LogP contribution in [0.2, 0.25) is 0 Å². The Balaban J connectivity index is 1.71. The van der Waals surface area contributed by atoms with Crippen LogP contribution in [0.1, 0.15) is 37.7 Å². The number of carbonyl (C=O) groups excluding carboxylic acids is 1. The monoisotopic (exact) mass is 369 g/mol. The van der Waals surface area contributed by atoms with Crippen LogP contribution in [0.15, 0.2) is 24.3 Å². The maximum atomic E-state index is 12.0. The van der Waals surface area contributed by atoms with E-state index < -0.39 is 12.0 Å². The molecule has 2 atom stereocenters. The van der Waals surface area contributed by atoms with Gasteiger partial charge in [-0.05, 0) is 37.0 Å². The zero-order valence-corrected chi connectivity index (χ0v) is 15.1. The Labute approximate surface area is 150 Å². The number of benzene rings is 1. The van der Waals surface area contributed by atoms with E-state index in [1.54, 1.807) is 12.1 Å². The third-order valence-electron chi connectivity index (χ3n) is 3.92. The summed E-state index contributed by atoms with van der Waals surface area (Å²) in [5.41, 5.74) is 0.760. The van der Waals surface area contributed by atoms with Gasteiger partial charge in [-0.2, -0.15) is 0 Å². The van der Waals surface area contributed by atoms with Crippen molar-refractivity contribution in [1.82, 2.24) is 5.32 Å². The number of carboxylic acids is 1. The van der Waals surface area contributed by atoms with Crippen LogP contribution in [0.4, 0.5) is 0 Å². The number of carboxylic acid groups (broad SMARTS) is 1. The fourth-order valence-electron chi connectivity index (χ4n) is 2.56. The van der Waals surface area contributed by atoms with Gasteiger partial charge in [0, 0.05) is 23.8 Å². The van der Waals surface area contributed by atoms with E-state index in [0.29, 0.717) is 11.7 Å². The van der Waals surface area contributed by atoms with E-state index in [1.165, 1.54) is 24.3 Å². The van der Waals surface area contributed by atoms with E-state index in [1.807, 2.05) is 21.6 Å². The van der Waals surface area contributed by atoms with Crippen molar-refractivity contribution in [2.24, 2.45) is 0 Å². The molecule has 0 unspecified atom stereocenters. The van der Waals surface area contributed by atoms with Gasteiger partial charge in [-0.3, -0.25) is 4.79 Å². The second-order valence-electron chi connectivity index (χ2n) is 5.90. The average molecular weight is 370 g/mol. The molecule has 1 amide bonds. The molecule has 1 heterocycles. The van der Waals surface area contributed by atoms with E-state index in [0.717, 1.165) is 24.8 Å². The number of rotatable bonds is 9. The van der Waals surface area contributed by atoms with Crippen molar-refractivity contribution in [3.8, 4) is 5.75 Å². The lowest BCUT2D eigenvalue weighted by Crippen LogP contribution is -2.42. The van der Waals surface area contributed by atoms with Crippen molar-refractivity contribution < 1.29 is 19.8 Å². The highest BCUT2D eigenvalue weighted by Gasteiger charge is 2.20. The molecule has 132 valence electrons. The lowest BCUT2D eigenvalue weighted by atomic mass is 10.1. The molecule has 1 aliphatic rings. The van der Waals surface area contributed by atoms with Gasteiger partial charge >= 0.3 is 5.97 Å². The van der Waals surface area contributed by atoms with Crippen LogP contribution in [0.3, 0.4) is 0 Å². The molecule has 0 aliphatic carbocycles. The van der Waals surface area contributed by atoms with E-state index in [9.17, 15) is 19.8 Å². The minimum Gasteiger partial charge on any atom is -0.508 e. The van der Waals surface area contributed by atoms with Gasteiger partial charge in [0.2, 0.25) is 5.91 Å². The molecular weight excluding hydrogens is 346 g/mol. The molecule has 0 radical (unpaired) electrons. The quantitative estimate of drug-likeness (QED) is 0.458. The Bertz CT molecular complexity index is 544. The number of hydrogen-bond acceptors (Lipinski definition) is 5. The van der Waals surface area contributed by atoms with Crippen molar-refractivity contribution in [1.29, 1.82) is 0 Å². The summed E-state index contributed by atoms with van der Waals surface area (Å²) < 4.78 is 0. The zero-order chi connectivity index (χ0) is 17.4. The number of phenols is 1. The fraction of sp³-hybridized carbons (Fsp3) is 0.529. The molecular formula is C17H23NO4S2. The smallest absolute Gasteiger partial charge is 0.326 e. The lowest BCUT2D eigenvalue weighted by molar-refractivity contribution is -0.141. The Hall–Kier alpha value is -1.34. The number of hydrogen-bond donors (Lipinski definition) is 3. The van der Waals surface area contributed by atoms with E-state index in [-0.39, 0.29) is 18.1 Å². The largest absolute Gasteiger partial charge is 0.508 e. The summed E-state index contributed by atoms with van der Waals surface area (Å²) in [6.07, 6.45) is 4.73. The van der Waals surface area contributed by atoms with Gasteiger partial charge in [0.25, 0.3) is 0 Å². The molecule has 5 nitrogen and oxygen atoms in total. The van der Waals surface area contributed by atoms with E-state index >= 15 is 0 Å². The summed E-state index contributed by atoms with van der Waals surface area (Å²) in [7, 11) is 3.85. The summed E-state index contributed by atoms with van der Waals surface area (Å²) in [6.45, 7) is 0. The predicted octanol–water partition coefficient (Wildman–Crippen LogP) is 3.22. The molecule has 0 saturated carbocycles. The minimum atomic E-state index is -1.05. The first-order valence-corrected chi connectivity index (χ1v) is 10.5. The van der Waals surface area contributed by atoms with E-state index in [2.05, 4.69) is 5.32 Å². The molecule has 1 aromatic carbocycles. The summed E-state index contributed by atoms with van der Waals surface area (Å²) >= 11 is 0. The summed E-state index contributed by atoms with van der Waals surface area (Å²) in [4.78, 5) is 23.3. The van der Waals surface area contributed by atoms with Crippen molar-refractivity contribution in [2.45, 2.75) is 49.8 Å². The standard InChI is InChI=1S/C17H23NO4S2/c19-13-7-5-12(6-8-13)11-15(17(21)22)18-16(20)4-2-1-3-14-9-10-23-24-14/h5-8,14-15,19H,1-4,9-11H2,(H,18,20)(H,21,22)/t14-,15-/m0/s1. The average Bonchev–Trinajstić information content (AvgIpc) is 3.06. The van der Waals surface area contributed by atoms with Crippen LogP contribution >= 0.6 is 21.6 Å².